The van der Waals surface area contributed by atoms with Crippen LogP contribution in [0, 0.1) is 13.8 Å². The Hall–Kier alpha value is -0.730. The van der Waals surface area contributed by atoms with Crippen molar-refractivity contribution in [3.05, 3.63) is 29.3 Å². The fourth-order valence-electron chi connectivity index (χ4n) is 3.07. The Kier molecular flexibility index (Phi) is 6.85. The topological polar surface area (TPSA) is 6.48 Å². The van der Waals surface area contributed by atoms with Crippen LogP contribution in [0.1, 0.15) is 36.8 Å². The summed E-state index contributed by atoms with van der Waals surface area (Å²) in [7, 11) is 0. The molecule has 1 aromatic rings. The van der Waals surface area contributed by atoms with E-state index < -0.39 is 0 Å². The summed E-state index contributed by atoms with van der Waals surface area (Å²) in [4.78, 5) is 5.16. The van der Waals surface area contributed by atoms with E-state index in [2.05, 4.69) is 41.8 Å². The van der Waals surface area contributed by atoms with Gasteiger partial charge in [-0.15, -0.1) is 11.6 Å². The summed E-state index contributed by atoms with van der Waals surface area (Å²) in [5.74, 6) is 0.814. The van der Waals surface area contributed by atoms with Gasteiger partial charge in [0.25, 0.3) is 0 Å². The van der Waals surface area contributed by atoms with Gasteiger partial charge >= 0.3 is 0 Å². The number of rotatable bonds is 7. The molecule has 1 aromatic carbocycles. The first-order chi connectivity index (χ1) is 10.2. The van der Waals surface area contributed by atoms with E-state index in [1.165, 1.54) is 62.1 Å². The van der Waals surface area contributed by atoms with Crippen LogP contribution in [0.5, 0.6) is 0 Å². The number of benzene rings is 1. The van der Waals surface area contributed by atoms with Crippen LogP contribution >= 0.6 is 11.6 Å². The van der Waals surface area contributed by atoms with Crippen molar-refractivity contribution in [1.82, 2.24) is 4.90 Å². The molecule has 0 aliphatic carbocycles. The number of aryl methyl sites for hydroxylation is 1. The third-order valence-electron chi connectivity index (χ3n) is 4.65. The molecule has 2 rings (SSSR count). The number of hydrogen-bond donors (Lipinski definition) is 0. The van der Waals surface area contributed by atoms with Crippen LogP contribution in [0.25, 0.3) is 0 Å². The smallest absolute Gasteiger partial charge is 0.0399 e. The highest BCUT2D eigenvalue weighted by atomic mass is 35.5. The predicted octanol–water partition coefficient (Wildman–Crippen LogP) is 4.22. The van der Waals surface area contributed by atoms with Crippen LogP contribution in [0.15, 0.2) is 18.2 Å². The second-order valence-electron chi connectivity index (χ2n) is 6.15. The summed E-state index contributed by atoms with van der Waals surface area (Å²) in [5, 5.41) is 0. The fourth-order valence-corrected chi connectivity index (χ4v) is 3.26. The molecular formula is C18H29ClN2. The van der Waals surface area contributed by atoms with E-state index in [-0.39, 0.29) is 0 Å². The molecule has 0 amide bonds. The number of anilines is 1. The number of hydrogen-bond acceptors (Lipinski definition) is 2. The molecular weight excluding hydrogens is 280 g/mol. The molecule has 118 valence electrons. The van der Waals surface area contributed by atoms with Gasteiger partial charge in [-0.25, -0.2) is 0 Å². The van der Waals surface area contributed by atoms with Crippen molar-refractivity contribution in [3.63, 3.8) is 0 Å². The molecule has 21 heavy (non-hydrogen) atoms. The van der Waals surface area contributed by atoms with E-state index in [9.17, 15) is 0 Å². The zero-order valence-electron chi connectivity index (χ0n) is 13.6. The molecule has 1 aliphatic heterocycles. The molecule has 0 unspecified atom stereocenters. The van der Waals surface area contributed by atoms with Crippen LogP contribution in [0.3, 0.4) is 0 Å². The third kappa shape index (κ3) is 4.89. The summed E-state index contributed by atoms with van der Waals surface area (Å²) in [6.07, 6.45) is 5.10. The molecule has 1 saturated heterocycles. The second-order valence-corrected chi connectivity index (χ2v) is 6.53. The molecule has 1 fully saturated rings. The van der Waals surface area contributed by atoms with Crippen LogP contribution < -0.4 is 4.90 Å². The van der Waals surface area contributed by atoms with Crippen molar-refractivity contribution in [2.24, 2.45) is 0 Å². The number of unbranched alkanes of at least 4 members (excludes halogenated alkanes) is 3. The van der Waals surface area contributed by atoms with Gasteiger partial charge in [0, 0.05) is 37.7 Å². The summed E-state index contributed by atoms with van der Waals surface area (Å²) in [6, 6.07) is 6.65. The maximum atomic E-state index is 5.71. The van der Waals surface area contributed by atoms with Gasteiger partial charge in [0.1, 0.15) is 0 Å². The Morgan fingerprint density at radius 3 is 2.38 bits per heavy atom. The Morgan fingerprint density at radius 2 is 1.67 bits per heavy atom. The lowest BCUT2D eigenvalue weighted by Crippen LogP contribution is -2.46. The van der Waals surface area contributed by atoms with Crippen molar-refractivity contribution < 1.29 is 0 Å². The van der Waals surface area contributed by atoms with Gasteiger partial charge in [0.2, 0.25) is 0 Å². The van der Waals surface area contributed by atoms with E-state index in [1.54, 1.807) is 0 Å². The first-order valence-corrected chi connectivity index (χ1v) is 8.85. The van der Waals surface area contributed by atoms with Crippen molar-refractivity contribution in [2.45, 2.75) is 39.5 Å². The van der Waals surface area contributed by atoms with Gasteiger partial charge in [-0.05, 0) is 50.4 Å². The Labute approximate surface area is 135 Å². The Morgan fingerprint density at radius 1 is 0.952 bits per heavy atom. The number of nitrogens with zero attached hydrogens (tertiary/aromatic N) is 2. The first-order valence-electron chi connectivity index (χ1n) is 8.32. The molecule has 0 atom stereocenters. The van der Waals surface area contributed by atoms with E-state index in [0.29, 0.717) is 0 Å². The summed E-state index contributed by atoms with van der Waals surface area (Å²) >= 11 is 5.71. The SMILES string of the molecule is Cc1cccc(N2CCN(CCCCCCCl)CC2)c1C. The zero-order valence-corrected chi connectivity index (χ0v) is 14.3. The predicted molar refractivity (Wildman–Crippen MR) is 93.8 cm³/mol. The first kappa shape index (κ1) is 16.6. The molecule has 0 N–H and O–H groups in total. The average molecular weight is 309 g/mol. The monoisotopic (exact) mass is 308 g/mol. The van der Waals surface area contributed by atoms with Crippen LogP contribution in [-0.2, 0) is 0 Å². The molecule has 1 aliphatic rings. The van der Waals surface area contributed by atoms with Gasteiger partial charge in [-0.2, -0.15) is 0 Å². The highest BCUT2D eigenvalue weighted by Gasteiger charge is 2.18. The average Bonchev–Trinajstić information content (AvgIpc) is 2.51. The van der Waals surface area contributed by atoms with E-state index in [1.807, 2.05) is 0 Å². The minimum absolute atomic E-state index is 0.814. The minimum Gasteiger partial charge on any atom is -0.369 e. The molecule has 0 spiro atoms. The van der Waals surface area contributed by atoms with Crippen molar-refractivity contribution >= 4 is 17.3 Å². The van der Waals surface area contributed by atoms with Crippen LogP contribution in [-0.4, -0.2) is 43.5 Å². The zero-order chi connectivity index (χ0) is 15.1. The maximum Gasteiger partial charge on any atom is 0.0399 e. The molecule has 3 heteroatoms. The quantitative estimate of drug-likeness (QED) is 0.549. The van der Waals surface area contributed by atoms with Crippen molar-refractivity contribution in [2.75, 3.05) is 43.5 Å². The van der Waals surface area contributed by atoms with Gasteiger partial charge in [-0.1, -0.05) is 25.0 Å². The lowest BCUT2D eigenvalue weighted by molar-refractivity contribution is 0.252. The molecule has 1 heterocycles. The van der Waals surface area contributed by atoms with Gasteiger partial charge < -0.3 is 4.90 Å². The lowest BCUT2D eigenvalue weighted by atomic mass is 10.1. The molecule has 0 radical (unpaired) electrons. The molecule has 2 nitrogen and oxygen atoms in total. The van der Waals surface area contributed by atoms with Crippen molar-refractivity contribution in [3.8, 4) is 0 Å². The van der Waals surface area contributed by atoms with Gasteiger partial charge in [0.05, 0.1) is 0 Å². The van der Waals surface area contributed by atoms with E-state index in [0.717, 1.165) is 19.0 Å². The summed E-state index contributed by atoms with van der Waals surface area (Å²) in [6.45, 7) is 10.4. The number of piperazine rings is 1. The summed E-state index contributed by atoms with van der Waals surface area (Å²) < 4.78 is 0. The van der Waals surface area contributed by atoms with Crippen LogP contribution in [0.2, 0.25) is 0 Å². The third-order valence-corrected chi connectivity index (χ3v) is 4.91. The highest BCUT2D eigenvalue weighted by Crippen LogP contribution is 2.23. The standard InChI is InChI=1S/C18H29ClN2/c1-16-8-7-9-18(17(16)2)21-14-12-20(13-15-21)11-6-4-3-5-10-19/h7-9H,3-6,10-15H2,1-2H3. The minimum atomic E-state index is 0.814. The largest absolute Gasteiger partial charge is 0.369 e. The Balaban J connectivity index is 1.74. The number of alkyl halides is 1. The van der Waals surface area contributed by atoms with Gasteiger partial charge in [-0.3, -0.25) is 4.90 Å². The highest BCUT2D eigenvalue weighted by molar-refractivity contribution is 6.17. The summed E-state index contributed by atoms with van der Waals surface area (Å²) in [5.41, 5.74) is 4.26. The Bertz CT molecular complexity index is 425. The van der Waals surface area contributed by atoms with Gasteiger partial charge in [0.15, 0.2) is 0 Å². The fraction of sp³-hybridized carbons (Fsp3) is 0.667. The normalized spacial score (nSPS) is 16.4. The second kappa shape index (κ2) is 8.65. The van der Waals surface area contributed by atoms with E-state index in [4.69, 9.17) is 11.6 Å². The van der Waals surface area contributed by atoms with Crippen molar-refractivity contribution in [1.29, 1.82) is 0 Å². The number of halogens is 1. The van der Waals surface area contributed by atoms with Crippen LogP contribution in [0.4, 0.5) is 5.69 Å². The maximum absolute atomic E-state index is 5.71. The molecule has 0 bridgehead atoms. The van der Waals surface area contributed by atoms with E-state index >= 15 is 0 Å². The molecule has 0 saturated carbocycles. The molecule has 0 aromatic heterocycles. The lowest BCUT2D eigenvalue weighted by Gasteiger charge is -2.37.